The van der Waals surface area contributed by atoms with Crippen molar-refractivity contribution in [2.75, 3.05) is 0 Å². The molecule has 100 valence electrons. The average molecular weight is 282 g/mol. The number of nitrogen functional groups attached to an aromatic ring is 1. The molecule has 0 aliphatic rings. The second kappa shape index (κ2) is 5.02. The van der Waals surface area contributed by atoms with Gasteiger partial charge in [-0.2, -0.15) is 0 Å². The number of aromatic amines is 1. The molecule has 0 unspecified atom stereocenters. The van der Waals surface area contributed by atoms with Crippen molar-refractivity contribution in [2.24, 2.45) is 5.73 Å². The molecule has 0 spiro atoms. The molecule has 4 nitrogen and oxygen atoms in total. The fraction of sp³-hybridized carbons (Fsp3) is 0.0667. The molecule has 4 N–H and O–H groups in total. The third-order valence-electron chi connectivity index (χ3n) is 2.96. The number of H-pyrrole nitrogens is 1. The van der Waals surface area contributed by atoms with Gasteiger partial charge < -0.3 is 10.7 Å². The number of aryl methyl sites for hydroxylation is 1. The fourth-order valence-corrected chi connectivity index (χ4v) is 3.01. The minimum atomic E-state index is 0.0639. The van der Waals surface area contributed by atoms with Crippen LogP contribution in [0.1, 0.15) is 11.3 Å². The number of amidine groups is 1. The molecule has 0 radical (unpaired) electrons. The molecule has 0 aliphatic heterocycles. The van der Waals surface area contributed by atoms with E-state index in [-0.39, 0.29) is 5.84 Å². The Morgan fingerprint density at radius 1 is 1.25 bits per heavy atom. The van der Waals surface area contributed by atoms with E-state index in [1.807, 2.05) is 37.3 Å². The summed E-state index contributed by atoms with van der Waals surface area (Å²) in [6.45, 7) is 1.90. The first kappa shape index (κ1) is 12.7. The maximum atomic E-state index is 7.53. The first-order valence-corrected chi connectivity index (χ1v) is 7.02. The van der Waals surface area contributed by atoms with Crippen LogP contribution in [0.3, 0.4) is 0 Å². The SMILES string of the molecule is Cc1cc(C(=N)N)cc(Sc2cc3ccccc3[nH]2)n1. The van der Waals surface area contributed by atoms with Gasteiger partial charge in [0.25, 0.3) is 0 Å². The first-order valence-electron chi connectivity index (χ1n) is 6.20. The van der Waals surface area contributed by atoms with E-state index in [1.165, 1.54) is 5.39 Å². The summed E-state index contributed by atoms with van der Waals surface area (Å²) in [6, 6.07) is 13.9. The van der Waals surface area contributed by atoms with Gasteiger partial charge in [-0.15, -0.1) is 0 Å². The Morgan fingerprint density at radius 2 is 2.05 bits per heavy atom. The maximum absolute atomic E-state index is 7.53. The summed E-state index contributed by atoms with van der Waals surface area (Å²) >= 11 is 1.54. The monoisotopic (exact) mass is 282 g/mol. The standard InChI is InChI=1S/C15H14N4S/c1-9-6-11(15(16)17)8-13(18-9)20-14-7-10-4-2-3-5-12(10)19-14/h2-8,19H,1H3,(H3,16,17). The highest BCUT2D eigenvalue weighted by atomic mass is 32.2. The molecule has 0 fully saturated rings. The summed E-state index contributed by atoms with van der Waals surface area (Å²) in [5.41, 5.74) is 8.21. The topological polar surface area (TPSA) is 78.5 Å². The molecule has 20 heavy (non-hydrogen) atoms. The minimum absolute atomic E-state index is 0.0639. The predicted molar refractivity (Wildman–Crippen MR) is 82.4 cm³/mol. The van der Waals surface area contributed by atoms with Gasteiger partial charge in [0.1, 0.15) is 10.9 Å². The zero-order chi connectivity index (χ0) is 14.1. The fourth-order valence-electron chi connectivity index (χ4n) is 2.06. The van der Waals surface area contributed by atoms with Crippen molar-refractivity contribution in [2.45, 2.75) is 17.0 Å². The molecule has 2 heterocycles. The molecule has 0 aliphatic carbocycles. The lowest BCUT2D eigenvalue weighted by atomic mass is 10.2. The number of para-hydroxylation sites is 1. The van der Waals surface area contributed by atoms with Crippen molar-refractivity contribution < 1.29 is 0 Å². The van der Waals surface area contributed by atoms with Crippen molar-refractivity contribution in [1.29, 1.82) is 5.41 Å². The third kappa shape index (κ3) is 2.53. The van der Waals surface area contributed by atoms with Gasteiger partial charge in [0.15, 0.2) is 0 Å². The van der Waals surface area contributed by atoms with Crippen molar-refractivity contribution in [3.63, 3.8) is 0 Å². The smallest absolute Gasteiger partial charge is 0.122 e. The summed E-state index contributed by atoms with van der Waals surface area (Å²) in [7, 11) is 0. The quantitative estimate of drug-likeness (QED) is 0.509. The number of nitrogens with zero attached hydrogens (tertiary/aromatic N) is 1. The van der Waals surface area contributed by atoms with E-state index in [2.05, 4.69) is 22.1 Å². The first-order chi connectivity index (χ1) is 9.61. The van der Waals surface area contributed by atoms with Crippen LogP contribution in [0.25, 0.3) is 10.9 Å². The number of aromatic nitrogens is 2. The number of hydrogen-bond donors (Lipinski definition) is 3. The highest BCUT2D eigenvalue weighted by Crippen LogP contribution is 2.29. The summed E-state index contributed by atoms with van der Waals surface area (Å²) in [5, 5.41) is 10.6. The molecule has 3 aromatic rings. The number of fused-ring (bicyclic) bond motifs is 1. The molecule has 3 rings (SSSR count). The van der Waals surface area contributed by atoms with E-state index in [0.29, 0.717) is 5.56 Å². The van der Waals surface area contributed by atoms with E-state index in [4.69, 9.17) is 11.1 Å². The molecular formula is C15H14N4S. The van der Waals surface area contributed by atoms with E-state index in [1.54, 1.807) is 11.8 Å². The highest BCUT2D eigenvalue weighted by Gasteiger charge is 2.07. The minimum Gasteiger partial charge on any atom is -0.384 e. The number of rotatable bonds is 3. The van der Waals surface area contributed by atoms with E-state index < -0.39 is 0 Å². The van der Waals surface area contributed by atoms with Crippen LogP contribution in [-0.2, 0) is 0 Å². The average Bonchev–Trinajstić information content (AvgIpc) is 2.79. The summed E-state index contributed by atoms with van der Waals surface area (Å²) in [6.07, 6.45) is 0. The third-order valence-corrected chi connectivity index (χ3v) is 3.82. The van der Waals surface area contributed by atoms with E-state index >= 15 is 0 Å². The summed E-state index contributed by atoms with van der Waals surface area (Å²) in [5.74, 6) is 0.0639. The second-order valence-electron chi connectivity index (χ2n) is 4.57. The van der Waals surface area contributed by atoms with Gasteiger partial charge in [-0.1, -0.05) is 30.0 Å². The van der Waals surface area contributed by atoms with Crippen LogP contribution in [-0.4, -0.2) is 15.8 Å². The number of nitrogens with one attached hydrogen (secondary N) is 2. The van der Waals surface area contributed by atoms with Gasteiger partial charge in [-0.05, 0) is 31.2 Å². The molecule has 5 heteroatoms. The number of hydrogen-bond acceptors (Lipinski definition) is 3. The molecule has 0 bridgehead atoms. The number of pyridine rings is 1. The van der Waals surface area contributed by atoms with E-state index in [9.17, 15) is 0 Å². The van der Waals surface area contributed by atoms with Gasteiger partial charge in [-0.25, -0.2) is 4.98 Å². The zero-order valence-electron chi connectivity index (χ0n) is 11.0. The van der Waals surface area contributed by atoms with Crippen LogP contribution in [0.5, 0.6) is 0 Å². The van der Waals surface area contributed by atoms with E-state index in [0.717, 1.165) is 21.3 Å². The molecule has 0 saturated heterocycles. The molecular weight excluding hydrogens is 268 g/mol. The Kier molecular flexibility index (Phi) is 3.20. The van der Waals surface area contributed by atoms with Gasteiger partial charge in [0.05, 0.1) is 5.03 Å². The summed E-state index contributed by atoms with van der Waals surface area (Å²) < 4.78 is 0. The molecule has 0 saturated carbocycles. The van der Waals surface area contributed by atoms with Crippen LogP contribution in [0.15, 0.2) is 52.5 Å². The molecule has 2 aromatic heterocycles. The van der Waals surface area contributed by atoms with Crippen molar-refractivity contribution in [3.05, 3.63) is 53.7 Å². The van der Waals surface area contributed by atoms with Crippen LogP contribution < -0.4 is 5.73 Å². The molecule has 1 aromatic carbocycles. The van der Waals surface area contributed by atoms with Crippen molar-refractivity contribution in [3.8, 4) is 0 Å². The second-order valence-corrected chi connectivity index (χ2v) is 5.63. The predicted octanol–water partition coefficient (Wildman–Crippen LogP) is 3.31. The summed E-state index contributed by atoms with van der Waals surface area (Å²) in [4.78, 5) is 7.82. The Labute approximate surface area is 120 Å². The molecule has 0 amide bonds. The van der Waals surface area contributed by atoms with Crippen molar-refractivity contribution >= 4 is 28.5 Å². The Bertz CT molecular complexity index is 758. The molecule has 0 atom stereocenters. The lowest BCUT2D eigenvalue weighted by Gasteiger charge is -2.04. The number of benzene rings is 1. The maximum Gasteiger partial charge on any atom is 0.122 e. The Morgan fingerprint density at radius 3 is 2.80 bits per heavy atom. The lowest BCUT2D eigenvalue weighted by Crippen LogP contribution is -2.11. The zero-order valence-corrected chi connectivity index (χ0v) is 11.8. The normalized spacial score (nSPS) is 10.8. The van der Waals surface area contributed by atoms with Gasteiger partial charge in [-0.3, -0.25) is 5.41 Å². The Hall–Kier alpha value is -2.27. The van der Waals surface area contributed by atoms with Crippen LogP contribution in [0.4, 0.5) is 0 Å². The van der Waals surface area contributed by atoms with Crippen molar-refractivity contribution in [1.82, 2.24) is 9.97 Å². The van der Waals surface area contributed by atoms with Crippen LogP contribution in [0.2, 0.25) is 0 Å². The number of nitrogens with two attached hydrogens (primary N) is 1. The van der Waals surface area contributed by atoms with Gasteiger partial charge in [0.2, 0.25) is 0 Å². The Balaban J connectivity index is 1.96. The largest absolute Gasteiger partial charge is 0.384 e. The highest BCUT2D eigenvalue weighted by molar-refractivity contribution is 7.99. The van der Waals surface area contributed by atoms with Gasteiger partial charge in [0, 0.05) is 22.2 Å². The van der Waals surface area contributed by atoms with Crippen LogP contribution >= 0.6 is 11.8 Å². The lowest BCUT2D eigenvalue weighted by molar-refractivity contribution is 1.05. The van der Waals surface area contributed by atoms with Crippen LogP contribution in [0, 0.1) is 12.3 Å². The van der Waals surface area contributed by atoms with Gasteiger partial charge >= 0.3 is 0 Å².